The molecule has 0 bridgehead atoms. The molecule has 1 aliphatic heterocycles. The van der Waals surface area contributed by atoms with E-state index in [1.807, 2.05) is 45.2 Å². The van der Waals surface area contributed by atoms with Crippen LogP contribution in [0.25, 0.3) is 0 Å². The van der Waals surface area contributed by atoms with Crippen molar-refractivity contribution >= 4 is 11.8 Å². The molecule has 6 nitrogen and oxygen atoms in total. The first-order valence-corrected chi connectivity index (χ1v) is 12.0. The zero-order valence-corrected chi connectivity index (χ0v) is 20.5. The molecule has 1 fully saturated rings. The monoisotopic (exact) mass is 477 g/mol. The van der Waals surface area contributed by atoms with Crippen molar-refractivity contribution in [3.63, 3.8) is 0 Å². The van der Waals surface area contributed by atoms with Crippen molar-refractivity contribution in [1.29, 1.82) is 0 Å². The van der Waals surface area contributed by atoms with E-state index >= 15 is 0 Å². The molecule has 1 aromatic heterocycles. The fraction of sp³-hybridized carbons (Fsp3) is 0.357. The van der Waals surface area contributed by atoms with Crippen LogP contribution in [0.2, 0.25) is 0 Å². The van der Waals surface area contributed by atoms with Gasteiger partial charge in [-0.05, 0) is 67.8 Å². The Morgan fingerprint density at radius 1 is 1.14 bits per heavy atom. The van der Waals surface area contributed by atoms with Crippen LogP contribution in [0.5, 0.6) is 5.75 Å². The molecule has 0 amide bonds. The number of anilines is 1. The number of carbonyl (C=O) groups excluding carboxylic acids is 1. The van der Waals surface area contributed by atoms with E-state index in [0.717, 1.165) is 42.9 Å². The maximum atomic E-state index is 13.4. The highest BCUT2D eigenvalue weighted by molar-refractivity contribution is 5.94. The molecule has 1 aliphatic rings. The fourth-order valence-corrected chi connectivity index (χ4v) is 4.35. The molecule has 1 saturated heterocycles. The van der Waals surface area contributed by atoms with E-state index in [1.54, 1.807) is 24.4 Å². The summed E-state index contributed by atoms with van der Waals surface area (Å²) < 4.78 is 24.7. The number of halogens is 1. The highest BCUT2D eigenvalue weighted by Gasteiger charge is 2.29. The lowest BCUT2D eigenvalue weighted by Crippen LogP contribution is -2.36. The summed E-state index contributed by atoms with van der Waals surface area (Å²) in [6.45, 7) is 6.61. The number of likely N-dealkylation sites (tertiary alicyclic amines) is 1. The van der Waals surface area contributed by atoms with Crippen LogP contribution in [0.4, 0.5) is 10.2 Å². The van der Waals surface area contributed by atoms with Crippen LogP contribution in [0.1, 0.15) is 41.8 Å². The van der Waals surface area contributed by atoms with E-state index in [0.29, 0.717) is 18.0 Å². The minimum Gasteiger partial charge on any atom is -0.489 e. The van der Waals surface area contributed by atoms with Crippen LogP contribution in [0.3, 0.4) is 0 Å². The third kappa shape index (κ3) is 6.57. The van der Waals surface area contributed by atoms with Gasteiger partial charge in [0.1, 0.15) is 29.6 Å². The molecule has 35 heavy (non-hydrogen) atoms. The van der Waals surface area contributed by atoms with Gasteiger partial charge in [0.25, 0.3) is 0 Å². The highest BCUT2D eigenvalue weighted by atomic mass is 19.1. The van der Waals surface area contributed by atoms with Crippen molar-refractivity contribution in [2.75, 3.05) is 25.0 Å². The van der Waals surface area contributed by atoms with Crippen molar-refractivity contribution in [1.82, 2.24) is 9.88 Å². The van der Waals surface area contributed by atoms with Crippen LogP contribution < -0.4 is 9.64 Å². The highest BCUT2D eigenvalue weighted by Crippen LogP contribution is 2.25. The zero-order valence-electron chi connectivity index (χ0n) is 20.5. The van der Waals surface area contributed by atoms with Gasteiger partial charge in [-0.1, -0.05) is 24.3 Å². The Morgan fingerprint density at radius 3 is 2.74 bits per heavy atom. The first-order chi connectivity index (χ1) is 16.9. The molecule has 184 valence electrons. The van der Waals surface area contributed by atoms with Crippen LogP contribution in [-0.4, -0.2) is 48.1 Å². The second-order valence-corrected chi connectivity index (χ2v) is 9.18. The summed E-state index contributed by atoms with van der Waals surface area (Å²) in [7, 11) is 1.99. The lowest BCUT2D eigenvalue weighted by molar-refractivity contribution is 0.0378. The Bertz CT molecular complexity index is 1150. The number of esters is 1. The summed E-state index contributed by atoms with van der Waals surface area (Å²) in [6.07, 6.45) is 2.50. The molecule has 1 atom stereocenters. The summed E-state index contributed by atoms with van der Waals surface area (Å²) >= 11 is 0. The quantitative estimate of drug-likeness (QED) is 0.401. The van der Waals surface area contributed by atoms with Gasteiger partial charge in [0.2, 0.25) is 0 Å². The number of ether oxygens (including phenoxy) is 2. The molecule has 0 saturated carbocycles. The van der Waals surface area contributed by atoms with Crippen LogP contribution in [-0.2, 0) is 17.9 Å². The normalized spacial score (nSPS) is 15.9. The maximum Gasteiger partial charge on any atom is 0.342 e. The van der Waals surface area contributed by atoms with E-state index in [9.17, 15) is 9.18 Å². The Balaban J connectivity index is 1.36. The third-order valence-corrected chi connectivity index (χ3v) is 6.08. The summed E-state index contributed by atoms with van der Waals surface area (Å²) in [6, 6.07) is 18.2. The third-order valence-electron chi connectivity index (χ3n) is 6.08. The number of carbonyl (C=O) groups is 1. The molecule has 0 aliphatic carbocycles. The number of pyridine rings is 1. The molecule has 2 aromatic carbocycles. The largest absolute Gasteiger partial charge is 0.489 e. The van der Waals surface area contributed by atoms with Crippen molar-refractivity contribution in [3.05, 3.63) is 89.4 Å². The lowest BCUT2D eigenvalue weighted by Gasteiger charge is -2.27. The fourth-order valence-electron chi connectivity index (χ4n) is 4.35. The van der Waals surface area contributed by atoms with Crippen molar-refractivity contribution in [2.24, 2.45) is 0 Å². The second kappa shape index (κ2) is 11.3. The maximum absolute atomic E-state index is 13.4. The molecule has 3 aromatic rings. The Hall–Kier alpha value is -3.45. The lowest BCUT2D eigenvalue weighted by atomic mass is 10.2. The SMILES string of the molecule is CC(C)OC(=O)c1cccnc1N(C)C1CCN(Cc2cccc(OCc3cccc(F)c3)c2)C1. The first-order valence-electron chi connectivity index (χ1n) is 12.0. The molecule has 4 rings (SSSR count). The molecule has 7 heteroatoms. The minimum absolute atomic E-state index is 0.184. The number of benzene rings is 2. The number of nitrogens with zero attached hydrogens (tertiary/aromatic N) is 3. The smallest absolute Gasteiger partial charge is 0.342 e. The van der Waals surface area contributed by atoms with Gasteiger partial charge in [0.05, 0.1) is 6.10 Å². The Morgan fingerprint density at radius 2 is 1.94 bits per heavy atom. The van der Waals surface area contributed by atoms with Gasteiger partial charge in [-0.25, -0.2) is 14.2 Å². The summed E-state index contributed by atoms with van der Waals surface area (Å²) in [5.41, 5.74) is 2.45. The average Bonchev–Trinajstić information content (AvgIpc) is 3.30. The topological polar surface area (TPSA) is 54.9 Å². The van der Waals surface area contributed by atoms with Crippen molar-refractivity contribution in [3.8, 4) is 5.75 Å². The molecule has 0 spiro atoms. The Labute approximate surface area is 206 Å². The van der Waals surface area contributed by atoms with Gasteiger partial charge in [-0.2, -0.15) is 0 Å². The van der Waals surface area contributed by atoms with E-state index in [-0.39, 0.29) is 23.9 Å². The van der Waals surface area contributed by atoms with E-state index in [1.165, 1.54) is 12.1 Å². The average molecular weight is 478 g/mol. The van der Waals surface area contributed by atoms with Crippen molar-refractivity contribution < 1.29 is 18.7 Å². The van der Waals surface area contributed by atoms with E-state index in [4.69, 9.17) is 9.47 Å². The molecule has 0 N–H and O–H groups in total. The van der Waals surface area contributed by atoms with Crippen molar-refractivity contribution in [2.45, 2.75) is 45.6 Å². The van der Waals surface area contributed by atoms with Gasteiger partial charge in [0, 0.05) is 38.9 Å². The van der Waals surface area contributed by atoms with Crippen LogP contribution in [0.15, 0.2) is 66.9 Å². The van der Waals surface area contributed by atoms with E-state index < -0.39 is 0 Å². The number of likely N-dealkylation sites (N-methyl/N-ethyl adjacent to an activating group) is 1. The zero-order chi connectivity index (χ0) is 24.8. The minimum atomic E-state index is -0.347. The number of hydrogen-bond acceptors (Lipinski definition) is 6. The van der Waals surface area contributed by atoms with Gasteiger partial charge < -0.3 is 14.4 Å². The number of aromatic nitrogens is 1. The van der Waals surface area contributed by atoms with Gasteiger partial charge >= 0.3 is 5.97 Å². The molecule has 0 radical (unpaired) electrons. The van der Waals surface area contributed by atoms with Gasteiger partial charge in [-0.15, -0.1) is 0 Å². The predicted molar refractivity (Wildman–Crippen MR) is 134 cm³/mol. The molecular formula is C28H32FN3O3. The van der Waals surface area contributed by atoms with Gasteiger partial charge in [0.15, 0.2) is 0 Å². The molecule has 2 heterocycles. The van der Waals surface area contributed by atoms with Gasteiger partial charge in [-0.3, -0.25) is 4.90 Å². The Kier molecular flexibility index (Phi) is 7.98. The molecule has 1 unspecified atom stereocenters. The summed E-state index contributed by atoms with van der Waals surface area (Å²) in [5.74, 6) is 0.807. The molecular weight excluding hydrogens is 445 g/mol. The summed E-state index contributed by atoms with van der Waals surface area (Å²) in [4.78, 5) is 21.5. The first kappa shape index (κ1) is 24.7. The number of hydrogen-bond donors (Lipinski definition) is 0. The summed E-state index contributed by atoms with van der Waals surface area (Å²) in [5, 5.41) is 0. The standard InChI is InChI=1S/C28H32FN3O3/c1-20(2)35-28(33)26-11-6-13-30-27(26)31(3)24-12-14-32(18-24)17-21-7-5-10-25(16-21)34-19-22-8-4-9-23(29)15-22/h4-11,13,15-16,20,24H,12,14,17-19H2,1-3H3. The van der Waals surface area contributed by atoms with Crippen LogP contribution in [0, 0.1) is 5.82 Å². The predicted octanol–water partition coefficient (Wildman–Crippen LogP) is 5.08. The van der Waals surface area contributed by atoms with E-state index in [2.05, 4.69) is 20.9 Å². The number of rotatable bonds is 9. The van der Waals surface area contributed by atoms with Crippen LogP contribution >= 0.6 is 0 Å². The second-order valence-electron chi connectivity index (χ2n) is 9.18.